The van der Waals surface area contributed by atoms with Crippen molar-refractivity contribution >= 4 is 50.9 Å². The molecule has 0 saturated heterocycles. The summed E-state index contributed by atoms with van der Waals surface area (Å²) in [6.45, 7) is 0. The predicted molar refractivity (Wildman–Crippen MR) is 68.7 cm³/mol. The van der Waals surface area contributed by atoms with Gasteiger partial charge in [0.05, 0.1) is 0 Å². The topological polar surface area (TPSA) is 77.8 Å². The molecule has 0 bridgehead atoms. The number of hydrogen-bond acceptors (Lipinski definition) is 3. The van der Waals surface area contributed by atoms with Crippen LogP contribution in [0, 0.1) is 0 Å². The van der Waals surface area contributed by atoms with E-state index in [1.54, 1.807) is 0 Å². The van der Waals surface area contributed by atoms with E-state index in [0.717, 1.165) is 12.1 Å². The third kappa shape index (κ3) is 3.99. The first-order chi connectivity index (χ1) is 7.71. The fraction of sp³-hybridized carbons (Fsp3) is 0. The molecular weight excluding hydrogens is 351 g/mol. The van der Waals surface area contributed by atoms with E-state index >= 15 is 0 Å². The number of carboxylic acid groups (broad SMARTS) is 1. The van der Waals surface area contributed by atoms with Crippen molar-refractivity contribution in [3.05, 3.63) is 29.8 Å². The molecule has 1 aromatic rings. The Bertz CT molecular complexity index is 482. The third-order valence-electron chi connectivity index (χ3n) is 1.86. The summed E-state index contributed by atoms with van der Waals surface area (Å²) in [7, 11) is 13.5. The first kappa shape index (κ1) is 14.5. The molecule has 1 aromatic carbocycles. The number of carboxylic acids is 1. The van der Waals surface area contributed by atoms with E-state index in [9.17, 15) is 9.90 Å². The van der Waals surface area contributed by atoms with Gasteiger partial charge in [-0.25, -0.2) is 0 Å². The van der Waals surface area contributed by atoms with Crippen LogP contribution < -0.4 is 0 Å². The monoisotopic (exact) mass is 358 g/mol. The van der Waals surface area contributed by atoms with Gasteiger partial charge < -0.3 is 0 Å². The Kier molecular flexibility index (Phi) is 4.60. The van der Waals surface area contributed by atoms with Crippen molar-refractivity contribution in [1.82, 2.24) is 0 Å². The van der Waals surface area contributed by atoms with Crippen LogP contribution in [-0.2, 0) is 4.79 Å². The molecule has 0 unspecified atom stereocenters. The van der Waals surface area contributed by atoms with Crippen LogP contribution in [0.2, 0.25) is 0 Å². The van der Waals surface area contributed by atoms with Crippen LogP contribution in [0.5, 0.6) is 11.5 Å². The minimum atomic E-state index is -3.94. The van der Waals surface area contributed by atoms with Gasteiger partial charge in [-0.05, 0) is 0 Å². The summed E-state index contributed by atoms with van der Waals surface area (Å²) in [4.78, 5) is 10.6. The van der Waals surface area contributed by atoms with E-state index in [1.165, 1.54) is 12.1 Å². The molecule has 0 spiro atoms. The van der Waals surface area contributed by atoms with Gasteiger partial charge in [0.15, 0.2) is 0 Å². The number of aromatic hydroxyl groups is 2. The fourth-order valence-corrected chi connectivity index (χ4v) is 5.31. The number of phenols is 2. The molecule has 0 aliphatic heterocycles. The molecule has 3 N–H and O–H groups in total. The SMILES string of the molecule is O=C(O)C=[C](c1ccc(O)c(O)c1)[Ge]([Cl])([Cl])[Cl]. The molecule has 0 saturated carbocycles. The Morgan fingerprint density at radius 2 is 1.76 bits per heavy atom. The predicted octanol–water partition coefficient (Wildman–Crippen LogP) is 2.76. The zero-order valence-corrected chi connectivity index (χ0v) is 12.6. The van der Waals surface area contributed by atoms with Crippen molar-refractivity contribution in [2.75, 3.05) is 0 Å². The second-order valence-electron chi connectivity index (χ2n) is 3.10. The van der Waals surface area contributed by atoms with E-state index in [1.807, 2.05) is 0 Å². The fourth-order valence-electron chi connectivity index (χ4n) is 1.14. The maximum absolute atomic E-state index is 10.6. The van der Waals surface area contributed by atoms with E-state index in [4.69, 9.17) is 40.2 Å². The van der Waals surface area contributed by atoms with Gasteiger partial charge in [-0.1, -0.05) is 0 Å². The van der Waals surface area contributed by atoms with Crippen molar-refractivity contribution < 1.29 is 20.1 Å². The van der Waals surface area contributed by atoms with Gasteiger partial charge in [-0.15, -0.1) is 0 Å². The Morgan fingerprint density at radius 3 is 2.18 bits per heavy atom. The van der Waals surface area contributed by atoms with Crippen molar-refractivity contribution in [2.45, 2.75) is 0 Å². The van der Waals surface area contributed by atoms with Gasteiger partial charge in [-0.3, -0.25) is 0 Å². The molecular formula is C9H7Cl3GeO4. The number of hydrogen-bond donors (Lipinski definition) is 3. The summed E-state index contributed by atoms with van der Waals surface area (Å²) in [6, 6.07) is 3.72. The molecule has 0 amide bonds. The van der Waals surface area contributed by atoms with Crippen LogP contribution in [0.3, 0.4) is 0 Å². The van der Waals surface area contributed by atoms with Crippen molar-refractivity contribution in [2.24, 2.45) is 0 Å². The molecule has 4 nitrogen and oxygen atoms in total. The van der Waals surface area contributed by atoms with Crippen LogP contribution in [0.4, 0.5) is 0 Å². The zero-order valence-electron chi connectivity index (χ0n) is 8.19. The minimum absolute atomic E-state index is 0.0674. The molecule has 0 atom stereocenters. The Labute approximate surface area is 112 Å². The van der Waals surface area contributed by atoms with Crippen LogP contribution >= 0.6 is 30.0 Å². The standard InChI is InChI=1S/C9H7Cl3GeO4/c10-13(11,12)6(4-9(16)17)5-1-2-7(14)8(15)3-5/h1-4,14-15H,(H,16,17). The molecule has 17 heavy (non-hydrogen) atoms. The Morgan fingerprint density at radius 1 is 1.18 bits per heavy atom. The maximum atomic E-state index is 10.6. The number of benzene rings is 1. The van der Waals surface area contributed by atoms with Crippen molar-refractivity contribution in [3.8, 4) is 11.5 Å². The number of phenolic OH excluding ortho intramolecular Hbond substituents is 2. The first-order valence-electron chi connectivity index (χ1n) is 4.26. The van der Waals surface area contributed by atoms with E-state index in [-0.39, 0.29) is 15.7 Å². The summed E-state index contributed by atoms with van der Waals surface area (Å²) in [6.07, 6.45) is 0.804. The molecule has 92 valence electrons. The number of rotatable bonds is 3. The molecule has 1 rings (SSSR count). The van der Waals surface area contributed by atoms with Gasteiger partial charge in [0.1, 0.15) is 0 Å². The molecule has 0 fully saturated rings. The van der Waals surface area contributed by atoms with Crippen LogP contribution in [0.15, 0.2) is 24.3 Å². The summed E-state index contributed by atoms with van der Waals surface area (Å²) < 4.78 is 0.0674. The van der Waals surface area contributed by atoms with Crippen LogP contribution in [-0.4, -0.2) is 31.8 Å². The van der Waals surface area contributed by atoms with Gasteiger partial charge in [0, 0.05) is 0 Å². The number of carbonyl (C=O) groups is 1. The molecule has 0 heterocycles. The molecule has 0 aliphatic rings. The molecule has 0 aromatic heterocycles. The third-order valence-corrected chi connectivity index (χ3v) is 7.22. The Balaban J connectivity index is 3.33. The molecule has 0 aliphatic carbocycles. The van der Waals surface area contributed by atoms with Crippen molar-refractivity contribution in [3.63, 3.8) is 0 Å². The number of aliphatic carboxylic acids is 1. The molecule has 8 heteroatoms. The van der Waals surface area contributed by atoms with Crippen LogP contribution in [0.25, 0.3) is 4.41 Å². The summed E-state index contributed by atoms with van der Waals surface area (Å²) >= 11 is 0. The second kappa shape index (κ2) is 5.39. The van der Waals surface area contributed by atoms with Gasteiger partial charge in [0.25, 0.3) is 0 Å². The van der Waals surface area contributed by atoms with E-state index < -0.39 is 22.2 Å². The molecule has 0 radical (unpaired) electrons. The van der Waals surface area contributed by atoms with Gasteiger partial charge in [-0.2, -0.15) is 0 Å². The summed E-state index contributed by atoms with van der Waals surface area (Å²) in [5.74, 6) is -1.99. The average molecular weight is 358 g/mol. The quantitative estimate of drug-likeness (QED) is 0.441. The van der Waals surface area contributed by atoms with Gasteiger partial charge in [0.2, 0.25) is 0 Å². The summed E-state index contributed by atoms with van der Waals surface area (Å²) in [5.41, 5.74) is 0.266. The Hall–Kier alpha value is -0.557. The number of halogens is 3. The normalized spacial score (nSPS) is 12.5. The van der Waals surface area contributed by atoms with Crippen LogP contribution in [0.1, 0.15) is 5.56 Å². The van der Waals surface area contributed by atoms with E-state index in [2.05, 4.69) is 0 Å². The van der Waals surface area contributed by atoms with Crippen molar-refractivity contribution in [1.29, 1.82) is 0 Å². The van der Waals surface area contributed by atoms with E-state index in [0.29, 0.717) is 0 Å². The summed E-state index contributed by atoms with van der Waals surface area (Å²) in [5, 5.41) is 27.2. The van der Waals surface area contributed by atoms with Gasteiger partial charge >= 0.3 is 112 Å². The average Bonchev–Trinajstić information content (AvgIpc) is 2.17. The zero-order chi connectivity index (χ0) is 13.2. The second-order valence-corrected chi connectivity index (χ2v) is 18.2. The first-order valence-corrected chi connectivity index (χ1v) is 13.6.